The summed E-state index contributed by atoms with van der Waals surface area (Å²) in [6.45, 7) is 0. The second-order valence-electron chi connectivity index (χ2n) is 8.29. The molecule has 0 atom stereocenters. The highest BCUT2D eigenvalue weighted by Crippen LogP contribution is 2.40. The van der Waals surface area contributed by atoms with Crippen molar-refractivity contribution in [2.45, 2.75) is 0 Å². The average Bonchev–Trinajstić information content (AvgIpc) is 3.23. The minimum Gasteiger partial charge on any atom is -0.355 e. The van der Waals surface area contributed by atoms with Crippen LogP contribution in [0.15, 0.2) is 109 Å². The van der Waals surface area contributed by atoms with Gasteiger partial charge in [0.25, 0.3) is 0 Å². The number of thiophene rings is 1. The summed E-state index contributed by atoms with van der Waals surface area (Å²) >= 11 is 1.87. The maximum Gasteiger partial charge on any atom is 0.0470 e. The maximum atomic E-state index is 3.74. The summed E-state index contributed by atoms with van der Waals surface area (Å²) in [6.07, 6.45) is 0. The molecule has 1 heterocycles. The van der Waals surface area contributed by atoms with Crippen LogP contribution in [-0.2, 0) is 0 Å². The summed E-state index contributed by atoms with van der Waals surface area (Å²) in [7, 11) is 0. The molecule has 0 aliphatic rings. The Morgan fingerprint density at radius 2 is 1.16 bits per heavy atom. The van der Waals surface area contributed by atoms with Gasteiger partial charge in [-0.25, -0.2) is 0 Å². The number of fused-ring (bicyclic) bond motifs is 8. The zero-order chi connectivity index (χ0) is 21.1. The van der Waals surface area contributed by atoms with Crippen LogP contribution in [0.25, 0.3) is 52.5 Å². The number of anilines is 2. The molecule has 0 saturated carbocycles. The molecular weight excluding hydrogens is 406 g/mol. The molecule has 2 heteroatoms. The van der Waals surface area contributed by atoms with Crippen molar-refractivity contribution in [1.29, 1.82) is 0 Å². The zero-order valence-corrected chi connectivity index (χ0v) is 18.1. The summed E-state index contributed by atoms with van der Waals surface area (Å²) in [4.78, 5) is 0. The monoisotopic (exact) mass is 425 g/mol. The predicted octanol–water partition coefficient (Wildman–Crippen LogP) is 9.26. The van der Waals surface area contributed by atoms with Crippen LogP contribution in [0.2, 0.25) is 0 Å². The molecule has 7 aromatic rings. The third-order valence-electron chi connectivity index (χ3n) is 6.41. The van der Waals surface area contributed by atoms with Gasteiger partial charge in [0.05, 0.1) is 0 Å². The Morgan fingerprint density at radius 1 is 0.469 bits per heavy atom. The molecule has 0 fully saturated rings. The molecule has 1 N–H and O–H groups in total. The fourth-order valence-corrected chi connectivity index (χ4v) is 6.04. The Morgan fingerprint density at radius 3 is 2.03 bits per heavy atom. The van der Waals surface area contributed by atoms with E-state index in [-0.39, 0.29) is 0 Å². The van der Waals surface area contributed by atoms with Gasteiger partial charge in [0.2, 0.25) is 0 Å². The normalized spacial score (nSPS) is 11.8. The Kier molecular flexibility index (Phi) is 3.78. The first-order valence-electron chi connectivity index (χ1n) is 10.9. The van der Waals surface area contributed by atoms with Crippen molar-refractivity contribution in [2.75, 3.05) is 5.32 Å². The van der Waals surface area contributed by atoms with Crippen molar-refractivity contribution >= 4 is 75.2 Å². The highest BCUT2D eigenvalue weighted by Gasteiger charge is 2.11. The molecule has 0 amide bonds. The Bertz CT molecular complexity index is 1810. The van der Waals surface area contributed by atoms with E-state index in [1.54, 1.807) is 0 Å². The van der Waals surface area contributed by atoms with E-state index >= 15 is 0 Å². The van der Waals surface area contributed by atoms with E-state index in [2.05, 4.69) is 115 Å². The van der Waals surface area contributed by atoms with Gasteiger partial charge in [-0.3, -0.25) is 0 Å². The molecule has 7 rings (SSSR count). The first kappa shape index (κ1) is 17.8. The van der Waals surface area contributed by atoms with Crippen molar-refractivity contribution in [2.24, 2.45) is 0 Å². The van der Waals surface area contributed by atoms with Crippen molar-refractivity contribution in [3.63, 3.8) is 0 Å². The second kappa shape index (κ2) is 6.81. The summed E-state index contributed by atoms with van der Waals surface area (Å²) < 4.78 is 2.66. The van der Waals surface area contributed by atoms with Crippen LogP contribution in [0.1, 0.15) is 0 Å². The van der Waals surface area contributed by atoms with Crippen LogP contribution < -0.4 is 5.32 Å². The first-order chi connectivity index (χ1) is 15.8. The van der Waals surface area contributed by atoms with Gasteiger partial charge < -0.3 is 5.32 Å². The van der Waals surface area contributed by atoms with E-state index < -0.39 is 0 Å². The van der Waals surface area contributed by atoms with Gasteiger partial charge in [-0.15, -0.1) is 11.3 Å². The van der Waals surface area contributed by atoms with E-state index in [0.717, 1.165) is 11.4 Å². The number of benzene rings is 6. The van der Waals surface area contributed by atoms with E-state index in [4.69, 9.17) is 0 Å². The molecule has 1 aromatic heterocycles. The highest BCUT2D eigenvalue weighted by molar-refractivity contribution is 7.26. The summed E-state index contributed by atoms with van der Waals surface area (Å²) in [5, 5.41) is 14.1. The SMILES string of the molecule is c1ccc2c(c1)cc(Nc1ccc3sc4ccc5ccccc5c4c3c1)c1ccccc12. The highest BCUT2D eigenvalue weighted by atomic mass is 32.1. The lowest BCUT2D eigenvalue weighted by Gasteiger charge is -2.13. The molecule has 0 spiro atoms. The first-order valence-corrected chi connectivity index (χ1v) is 11.7. The largest absolute Gasteiger partial charge is 0.355 e. The van der Waals surface area contributed by atoms with Crippen LogP contribution in [0.4, 0.5) is 11.4 Å². The zero-order valence-electron chi connectivity index (χ0n) is 17.3. The van der Waals surface area contributed by atoms with Gasteiger partial charge in [0, 0.05) is 36.9 Å². The maximum absolute atomic E-state index is 3.74. The van der Waals surface area contributed by atoms with Crippen molar-refractivity contribution in [3.05, 3.63) is 109 Å². The molecule has 1 nitrogen and oxygen atoms in total. The van der Waals surface area contributed by atoms with Crippen molar-refractivity contribution in [3.8, 4) is 0 Å². The van der Waals surface area contributed by atoms with Gasteiger partial charge in [-0.2, -0.15) is 0 Å². The van der Waals surface area contributed by atoms with Crippen LogP contribution in [0.5, 0.6) is 0 Å². The average molecular weight is 426 g/mol. The molecule has 0 saturated heterocycles. The lowest BCUT2D eigenvalue weighted by atomic mass is 10.00. The van der Waals surface area contributed by atoms with Crippen molar-refractivity contribution in [1.82, 2.24) is 0 Å². The lowest BCUT2D eigenvalue weighted by molar-refractivity contribution is 1.62. The van der Waals surface area contributed by atoms with Gasteiger partial charge in [-0.1, -0.05) is 78.9 Å². The molecule has 0 aliphatic heterocycles. The minimum atomic E-state index is 1.12. The van der Waals surface area contributed by atoms with Crippen LogP contribution >= 0.6 is 11.3 Å². The van der Waals surface area contributed by atoms with Gasteiger partial charge in [0.15, 0.2) is 0 Å². The lowest BCUT2D eigenvalue weighted by Crippen LogP contribution is -1.92. The molecule has 0 radical (unpaired) electrons. The van der Waals surface area contributed by atoms with E-state index in [1.165, 1.54) is 52.5 Å². The fourth-order valence-electron chi connectivity index (χ4n) is 4.94. The summed E-state index contributed by atoms with van der Waals surface area (Å²) in [6, 6.07) is 39.5. The third kappa shape index (κ3) is 2.63. The molecular formula is C30H19NS. The van der Waals surface area contributed by atoms with E-state index in [1.807, 2.05) is 11.3 Å². The molecule has 0 aliphatic carbocycles. The number of nitrogens with one attached hydrogen (secondary N) is 1. The minimum absolute atomic E-state index is 1.12. The molecule has 6 aromatic carbocycles. The molecule has 150 valence electrons. The van der Waals surface area contributed by atoms with Crippen LogP contribution in [-0.4, -0.2) is 0 Å². The smallest absolute Gasteiger partial charge is 0.0470 e. The molecule has 0 unspecified atom stereocenters. The van der Waals surface area contributed by atoms with Crippen molar-refractivity contribution < 1.29 is 0 Å². The van der Waals surface area contributed by atoms with Crippen LogP contribution in [0, 0.1) is 0 Å². The molecule has 0 bridgehead atoms. The van der Waals surface area contributed by atoms with Gasteiger partial charge in [0.1, 0.15) is 0 Å². The van der Waals surface area contributed by atoms with Crippen LogP contribution in [0.3, 0.4) is 0 Å². The Hall–Kier alpha value is -3.88. The third-order valence-corrected chi connectivity index (χ3v) is 7.54. The fraction of sp³-hybridized carbons (Fsp3) is 0. The Labute approximate surface area is 189 Å². The van der Waals surface area contributed by atoms with E-state index in [0.29, 0.717) is 0 Å². The second-order valence-corrected chi connectivity index (χ2v) is 9.37. The predicted molar refractivity (Wildman–Crippen MR) is 142 cm³/mol. The molecule has 32 heavy (non-hydrogen) atoms. The van der Waals surface area contributed by atoms with Gasteiger partial charge >= 0.3 is 0 Å². The topological polar surface area (TPSA) is 12.0 Å². The quantitative estimate of drug-likeness (QED) is 0.272. The number of hydrogen-bond acceptors (Lipinski definition) is 2. The van der Waals surface area contributed by atoms with E-state index in [9.17, 15) is 0 Å². The number of rotatable bonds is 2. The number of hydrogen-bond donors (Lipinski definition) is 1. The standard InChI is InChI=1S/C30H19NS/c1-4-10-23-19(7-1)13-15-29-30(23)26-18-21(14-16-28(26)32-29)31-27-17-20-8-2-3-9-22(20)24-11-5-6-12-25(24)27/h1-18,31H. The van der Waals surface area contributed by atoms with Gasteiger partial charge in [-0.05, 0) is 57.3 Å². The summed E-state index contributed by atoms with van der Waals surface area (Å²) in [5.74, 6) is 0. The Balaban J connectivity index is 1.45. The summed E-state index contributed by atoms with van der Waals surface area (Å²) in [5.41, 5.74) is 2.26.